The van der Waals surface area contributed by atoms with Crippen LogP contribution in [0.15, 0.2) is 48.5 Å². The van der Waals surface area contributed by atoms with Crippen molar-refractivity contribution in [2.24, 2.45) is 0 Å². The van der Waals surface area contributed by atoms with E-state index >= 15 is 0 Å². The van der Waals surface area contributed by atoms with Crippen LogP contribution in [0, 0.1) is 10.1 Å². The Kier molecular flexibility index (Phi) is 4.33. The third kappa shape index (κ3) is 3.79. The fourth-order valence-electron chi connectivity index (χ4n) is 1.69. The van der Waals surface area contributed by atoms with Crippen LogP contribution in [0.1, 0.15) is 10.4 Å². The minimum Gasteiger partial charge on any atom is -0.478 e. The number of amides is 2. The van der Waals surface area contributed by atoms with Gasteiger partial charge in [0.1, 0.15) is 0 Å². The molecule has 8 heteroatoms. The van der Waals surface area contributed by atoms with E-state index in [0.717, 1.165) is 0 Å². The number of benzene rings is 2. The molecule has 0 radical (unpaired) electrons. The summed E-state index contributed by atoms with van der Waals surface area (Å²) in [5.41, 5.74) is 0.634. The first kappa shape index (κ1) is 15.0. The fourth-order valence-corrected chi connectivity index (χ4v) is 1.69. The lowest BCUT2D eigenvalue weighted by Crippen LogP contribution is -2.19. The summed E-state index contributed by atoms with van der Waals surface area (Å²) in [5, 5.41) is 24.4. The molecule has 2 rings (SSSR count). The lowest BCUT2D eigenvalue weighted by Gasteiger charge is -2.07. The number of carboxylic acids is 1. The van der Waals surface area contributed by atoms with Gasteiger partial charge in [-0.25, -0.2) is 9.59 Å². The second-order valence-electron chi connectivity index (χ2n) is 4.27. The van der Waals surface area contributed by atoms with Gasteiger partial charge in [-0.1, -0.05) is 6.07 Å². The van der Waals surface area contributed by atoms with Gasteiger partial charge in [-0.15, -0.1) is 0 Å². The maximum absolute atomic E-state index is 11.8. The molecule has 2 aromatic carbocycles. The molecule has 0 saturated heterocycles. The summed E-state index contributed by atoms with van der Waals surface area (Å²) >= 11 is 0. The fraction of sp³-hybridized carbons (Fsp3) is 0. The van der Waals surface area contributed by atoms with Gasteiger partial charge >= 0.3 is 12.0 Å². The molecule has 0 spiro atoms. The summed E-state index contributed by atoms with van der Waals surface area (Å²) in [6, 6.07) is 10.5. The number of hydrogen-bond donors (Lipinski definition) is 3. The number of carboxylic acid groups (broad SMARTS) is 1. The molecule has 0 atom stereocenters. The molecule has 0 heterocycles. The number of nitrogens with zero attached hydrogens (tertiary/aromatic N) is 1. The first-order valence-corrected chi connectivity index (χ1v) is 6.11. The van der Waals surface area contributed by atoms with E-state index in [1.165, 1.54) is 48.5 Å². The Balaban J connectivity index is 2.02. The van der Waals surface area contributed by atoms with Gasteiger partial charge in [0, 0.05) is 23.5 Å². The largest absolute Gasteiger partial charge is 0.478 e. The third-order valence-corrected chi connectivity index (χ3v) is 2.70. The first-order chi connectivity index (χ1) is 10.5. The highest BCUT2D eigenvalue weighted by Crippen LogP contribution is 2.17. The molecule has 0 bridgehead atoms. The molecule has 2 aromatic rings. The quantitative estimate of drug-likeness (QED) is 0.592. The lowest BCUT2D eigenvalue weighted by molar-refractivity contribution is -0.384. The van der Waals surface area contributed by atoms with Gasteiger partial charge in [-0.05, 0) is 30.3 Å². The van der Waals surface area contributed by atoms with E-state index in [9.17, 15) is 19.7 Å². The molecule has 0 fully saturated rings. The van der Waals surface area contributed by atoms with Crippen molar-refractivity contribution in [3.8, 4) is 0 Å². The topological polar surface area (TPSA) is 122 Å². The summed E-state index contributed by atoms with van der Waals surface area (Å²) in [4.78, 5) is 32.6. The SMILES string of the molecule is O=C(Nc1ccc(C(=O)O)cc1)Nc1cccc([N+](=O)[O-])c1. The number of carbonyl (C=O) groups excluding carboxylic acids is 1. The van der Waals surface area contributed by atoms with E-state index in [0.29, 0.717) is 5.69 Å². The zero-order chi connectivity index (χ0) is 16.1. The van der Waals surface area contributed by atoms with Gasteiger partial charge in [-0.2, -0.15) is 0 Å². The van der Waals surface area contributed by atoms with Crippen molar-refractivity contribution in [3.05, 3.63) is 64.2 Å². The summed E-state index contributed by atoms with van der Waals surface area (Å²) < 4.78 is 0. The van der Waals surface area contributed by atoms with Crippen LogP contribution in [-0.2, 0) is 0 Å². The number of nitro groups is 1. The molecule has 0 aliphatic rings. The van der Waals surface area contributed by atoms with Crippen LogP contribution >= 0.6 is 0 Å². The van der Waals surface area contributed by atoms with Crippen LogP contribution in [0.5, 0.6) is 0 Å². The highest BCUT2D eigenvalue weighted by molar-refractivity contribution is 6.00. The number of aromatic carboxylic acids is 1. The van der Waals surface area contributed by atoms with Gasteiger partial charge in [0.15, 0.2) is 0 Å². The number of urea groups is 1. The second kappa shape index (κ2) is 6.35. The molecule has 3 N–H and O–H groups in total. The van der Waals surface area contributed by atoms with E-state index in [1.54, 1.807) is 0 Å². The van der Waals surface area contributed by atoms with E-state index in [4.69, 9.17) is 5.11 Å². The van der Waals surface area contributed by atoms with Crippen LogP contribution in [0.25, 0.3) is 0 Å². The normalized spacial score (nSPS) is 9.82. The maximum Gasteiger partial charge on any atom is 0.335 e. The predicted molar refractivity (Wildman–Crippen MR) is 79.1 cm³/mol. The zero-order valence-corrected chi connectivity index (χ0v) is 11.1. The van der Waals surface area contributed by atoms with Crippen molar-refractivity contribution in [1.29, 1.82) is 0 Å². The molecule has 22 heavy (non-hydrogen) atoms. The number of carbonyl (C=O) groups is 2. The second-order valence-corrected chi connectivity index (χ2v) is 4.27. The van der Waals surface area contributed by atoms with Gasteiger partial charge in [0.2, 0.25) is 0 Å². The van der Waals surface area contributed by atoms with Crippen molar-refractivity contribution in [1.82, 2.24) is 0 Å². The number of hydrogen-bond acceptors (Lipinski definition) is 4. The Morgan fingerprint density at radius 3 is 2.23 bits per heavy atom. The number of nitrogens with one attached hydrogen (secondary N) is 2. The minimum absolute atomic E-state index is 0.102. The maximum atomic E-state index is 11.8. The molecule has 0 aliphatic carbocycles. The highest BCUT2D eigenvalue weighted by atomic mass is 16.6. The molecule has 0 aliphatic heterocycles. The number of anilines is 2. The Bertz CT molecular complexity index is 728. The van der Waals surface area contributed by atoms with Crippen LogP contribution < -0.4 is 10.6 Å². The predicted octanol–water partition coefficient (Wildman–Crippen LogP) is 2.94. The third-order valence-electron chi connectivity index (χ3n) is 2.70. The highest BCUT2D eigenvalue weighted by Gasteiger charge is 2.08. The summed E-state index contributed by atoms with van der Waals surface area (Å²) in [5.74, 6) is -1.06. The van der Waals surface area contributed by atoms with E-state index in [1.807, 2.05) is 0 Å². The lowest BCUT2D eigenvalue weighted by atomic mass is 10.2. The minimum atomic E-state index is -1.06. The van der Waals surface area contributed by atoms with Crippen molar-refractivity contribution < 1.29 is 19.6 Å². The Morgan fingerprint density at radius 2 is 1.64 bits per heavy atom. The average molecular weight is 301 g/mol. The summed E-state index contributed by atoms with van der Waals surface area (Å²) in [6.07, 6.45) is 0. The van der Waals surface area contributed by atoms with Crippen LogP contribution in [0.4, 0.5) is 21.9 Å². The van der Waals surface area contributed by atoms with E-state index in [2.05, 4.69) is 10.6 Å². The number of nitro benzene ring substituents is 1. The van der Waals surface area contributed by atoms with Crippen LogP contribution in [-0.4, -0.2) is 22.0 Å². The van der Waals surface area contributed by atoms with Crippen LogP contribution in [0.2, 0.25) is 0 Å². The van der Waals surface area contributed by atoms with Crippen molar-refractivity contribution >= 4 is 29.1 Å². The van der Waals surface area contributed by atoms with E-state index < -0.39 is 16.9 Å². The smallest absolute Gasteiger partial charge is 0.335 e. The van der Waals surface area contributed by atoms with Crippen molar-refractivity contribution in [2.75, 3.05) is 10.6 Å². The van der Waals surface area contributed by atoms with E-state index in [-0.39, 0.29) is 16.9 Å². The Morgan fingerprint density at radius 1 is 1.00 bits per heavy atom. The zero-order valence-electron chi connectivity index (χ0n) is 11.1. The summed E-state index contributed by atoms with van der Waals surface area (Å²) in [7, 11) is 0. The van der Waals surface area contributed by atoms with Crippen LogP contribution in [0.3, 0.4) is 0 Å². The summed E-state index contributed by atoms with van der Waals surface area (Å²) in [6.45, 7) is 0. The first-order valence-electron chi connectivity index (χ1n) is 6.11. The average Bonchev–Trinajstić information content (AvgIpc) is 2.47. The van der Waals surface area contributed by atoms with Gasteiger partial charge in [0.05, 0.1) is 10.5 Å². The van der Waals surface area contributed by atoms with Crippen molar-refractivity contribution in [3.63, 3.8) is 0 Å². The Labute approximate surface area is 124 Å². The number of rotatable bonds is 4. The Hall–Kier alpha value is -3.42. The standard InChI is InChI=1S/C14H11N3O5/c18-13(19)9-4-6-10(7-5-9)15-14(20)16-11-2-1-3-12(8-11)17(21)22/h1-8H,(H,18,19)(H2,15,16,20). The van der Waals surface area contributed by atoms with Gasteiger partial charge in [0.25, 0.3) is 5.69 Å². The monoisotopic (exact) mass is 301 g/mol. The molecule has 0 aromatic heterocycles. The van der Waals surface area contributed by atoms with Gasteiger partial charge in [-0.3, -0.25) is 10.1 Å². The molecular weight excluding hydrogens is 290 g/mol. The molecule has 2 amide bonds. The molecule has 112 valence electrons. The molecular formula is C14H11N3O5. The molecule has 0 saturated carbocycles. The number of non-ortho nitro benzene ring substituents is 1. The van der Waals surface area contributed by atoms with Crippen molar-refractivity contribution in [2.45, 2.75) is 0 Å². The molecule has 0 unspecified atom stereocenters. The molecule has 8 nitrogen and oxygen atoms in total. The van der Waals surface area contributed by atoms with Gasteiger partial charge < -0.3 is 15.7 Å².